The molecular formula is C14H26N2O3S. The zero-order chi connectivity index (χ0) is 15.0. The average molecular weight is 302 g/mol. The highest BCUT2D eigenvalue weighted by atomic mass is 32.2. The number of hydrogen-bond donors (Lipinski definition) is 3. The van der Waals surface area contributed by atoms with E-state index in [9.17, 15) is 9.59 Å². The lowest BCUT2D eigenvalue weighted by Crippen LogP contribution is -2.43. The predicted octanol–water partition coefficient (Wildman–Crippen LogP) is 2.32. The lowest BCUT2D eigenvalue weighted by molar-refractivity contribution is -0.142. The minimum atomic E-state index is -0.736. The number of nitrogens with one attached hydrogen (secondary N) is 2. The van der Waals surface area contributed by atoms with Gasteiger partial charge in [0, 0.05) is 12.6 Å². The first-order valence-electron chi connectivity index (χ1n) is 7.39. The summed E-state index contributed by atoms with van der Waals surface area (Å²) in [6.07, 6.45) is 3.51. The van der Waals surface area contributed by atoms with Crippen molar-refractivity contribution in [3.05, 3.63) is 0 Å². The highest BCUT2D eigenvalue weighted by Crippen LogP contribution is 2.31. The monoisotopic (exact) mass is 302 g/mol. The molecule has 0 aromatic carbocycles. The SMILES string of the molecule is CCSCCC(C)NC(=O)NCC1CCCC1C(=O)O. The van der Waals surface area contributed by atoms with Gasteiger partial charge in [0.05, 0.1) is 5.92 Å². The van der Waals surface area contributed by atoms with Crippen LogP contribution in [0.1, 0.15) is 39.5 Å². The van der Waals surface area contributed by atoms with Crippen molar-refractivity contribution in [2.24, 2.45) is 11.8 Å². The molecule has 0 aromatic heterocycles. The van der Waals surface area contributed by atoms with Crippen LogP contribution in [-0.4, -0.2) is 41.2 Å². The van der Waals surface area contributed by atoms with Crippen molar-refractivity contribution in [1.29, 1.82) is 0 Å². The quantitative estimate of drug-likeness (QED) is 0.601. The Morgan fingerprint density at radius 1 is 1.40 bits per heavy atom. The third-order valence-electron chi connectivity index (χ3n) is 3.78. The van der Waals surface area contributed by atoms with Gasteiger partial charge in [-0.15, -0.1) is 0 Å². The molecule has 0 bridgehead atoms. The van der Waals surface area contributed by atoms with Crippen molar-refractivity contribution in [2.45, 2.75) is 45.6 Å². The maximum Gasteiger partial charge on any atom is 0.315 e. The molecule has 1 fully saturated rings. The van der Waals surface area contributed by atoms with Gasteiger partial charge in [-0.3, -0.25) is 4.79 Å². The molecule has 3 unspecified atom stereocenters. The van der Waals surface area contributed by atoms with Crippen LogP contribution in [0.25, 0.3) is 0 Å². The zero-order valence-electron chi connectivity index (χ0n) is 12.4. The summed E-state index contributed by atoms with van der Waals surface area (Å²) in [6, 6.07) is -0.0389. The Hall–Kier alpha value is -0.910. The minimum absolute atomic E-state index is 0.0733. The molecule has 116 valence electrons. The fourth-order valence-electron chi connectivity index (χ4n) is 2.58. The predicted molar refractivity (Wildman–Crippen MR) is 82.1 cm³/mol. The fraction of sp³-hybridized carbons (Fsp3) is 0.857. The van der Waals surface area contributed by atoms with Crippen LogP contribution in [0.3, 0.4) is 0 Å². The van der Waals surface area contributed by atoms with E-state index < -0.39 is 5.97 Å². The first-order valence-corrected chi connectivity index (χ1v) is 8.55. The Kier molecular flexibility index (Phi) is 7.80. The van der Waals surface area contributed by atoms with Gasteiger partial charge in [0.25, 0.3) is 0 Å². The number of carboxylic acid groups (broad SMARTS) is 1. The number of rotatable bonds is 8. The molecule has 1 aliphatic rings. The van der Waals surface area contributed by atoms with Gasteiger partial charge in [-0.1, -0.05) is 13.3 Å². The number of thioether (sulfide) groups is 1. The van der Waals surface area contributed by atoms with Gasteiger partial charge in [-0.2, -0.15) is 11.8 Å². The van der Waals surface area contributed by atoms with Crippen LogP contribution in [0, 0.1) is 11.8 Å². The van der Waals surface area contributed by atoms with E-state index in [0.29, 0.717) is 6.54 Å². The van der Waals surface area contributed by atoms with Gasteiger partial charge in [0.1, 0.15) is 0 Å². The zero-order valence-corrected chi connectivity index (χ0v) is 13.2. The molecule has 20 heavy (non-hydrogen) atoms. The Morgan fingerprint density at radius 3 is 2.80 bits per heavy atom. The second kappa shape index (κ2) is 9.10. The number of urea groups is 1. The molecule has 2 amide bonds. The first kappa shape index (κ1) is 17.1. The molecule has 3 atom stereocenters. The van der Waals surface area contributed by atoms with Crippen LogP contribution in [-0.2, 0) is 4.79 Å². The topological polar surface area (TPSA) is 78.4 Å². The van der Waals surface area contributed by atoms with Crippen LogP contribution in [0.5, 0.6) is 0 Å². The van der Waals surface area contributed by atoms with E-state index in [-0.39, 0.29) is 23.9 Å². The molecule has 0 saturated heterocycles. The van der Waals surface area contributed by atoms with Gasteiger partial charge in [-0.25, -0.2) is 4.79 Å². The molecule has 0 aromatic rings. The number of carboxylic acids is 1. The van der Waals surface area contributed by atoms with Gasteiger partial charge in [0.15, 0.2) is 0 Å². The van der Waals surface area contributed by atoms with Gasteiger partial charge >= 0.3 is 12.0 Å². The molecule has 0 aliphatic heterocycles. The second-order valence-electron chi connectivity index (χ2n) is 5.38. The van der Waals surface area contributed by atoms with E-state index in [1.807, 2.05) is 18.7 Å². The van der Waals surface area contributed by atoms with E-state index in [4.69, 9.17) is 5.11 Å². The highest BCUT2D eigenvalue weighted by Gasteiger charge is 2.32. The standard InChI is InChI=1S/C14H26N2O3S/c1-3-20-8-7-10(2)16-14(19)15-9-11-5-4-6-12(11)13(17)18/h10-12H,3-9H2,1-2H3,(H,17,18)(H2,15,16,19). The Morgan fingerprint density at radius 2 is 2.15 bits per heavy atom. The first-order chi connectivity index (χ1) is 9.54. The largest absolute Gasteiger partial charge is 0.481 e. The van der Waals surface area contributed by atoms with E-state index in [2.05, 4.69) is 17.6 Å². The molecular weight excluding hydrogens is 276 g/mol. The summed E-state index contributed by atoms with van der Waals surface area (Å²) in [4.78, 5) is 22.8. The smallest absolute Gasteiger partial charge is 0.315 e. The molecule has 5 nitrogen and oxygen atoms in total. The van der Waals surface area contributed by atoms with Crippen LogP contribution < -0.4 is 10.6 Å². The number of carbonyl (C=O) groups excluding carboxylic acids is 1. The van der Waals surface area contributed by atoms with E-state index >= 15 is 0 Å². The van der Waals surface area contributed by atoms with Crippen molar-refractivity contribution < 1.29 is 14.7 Å². The molecule has 0 spiro atoms. The molecule has 0 heterocycles. The maximum absolute atomic E-state index is 11.7. The van der Waals surface area contributed by atoms with Crippen molar-refractivity contribution >= 4 is 23.8 Å². The summed E-state index contributed by atoms with van der Waals surface area (Å²) >= 11 is 1.86. The summed E-state index contributed by atoms with van der Waals surface area (Å²) in [5, 5.41) is 14.8. The number of hydrogen-bond acceptors (Lipinski definition) is 3. The number of carbonyl (C=O) groups is 2. The highest BCUT2D eigenvalue weighted by molar-refractivity contribution is 7.99. The third-order valence-corrected chi connectivity index (χ3v) is 4.71. The van der Waals surface area contributed by atoms with Crippen molar-refractivity contribution in [2.75, 3.05) is 18.1 Å². The molecule has 1 aliphatic carbocycles. The van der Waals surface area contributed by atoms with E-state index in [1.165, 1.54) is 0 Å². The summed E-state index contributed by atoms with van der Waals surface area (Å²) in [5.74, 6) is 1.18. The average Bonchev–Trinajstić information content (AvgIpc) is 2.85. The maximum atomic E-state index is 11.7. The number of aliphatic carboxylic acids is 1. The fourth-order valence-corrected chi connectivity index (χ4v) is 3.39. The summed E-state index contributed by atoms with van der Waals surface area (Å²) < 4.78 is 0. The van der Waals surface area contributed by atoms with E-state index in [1.54, 1.807) is 0 Å². The molecule has 3 N–H and O–H groups in total. The van der Waals surface area contributed by atoms with Gasteiger partial charge < -0.3 is 15.7 Å². The lowest BCUT2D eigenvalue weighted by Gasteiger charge is -2.18. The van der Waals surface area contributed by atoms with E-state index in [0.717, 1.165) is 37.2 Å². The van der Waals surface area contributed by atoms with Crippen LogP contribution in [0.4, 0.5) is 4.79 Å². The van der Waals surface area contributed by atoms with Crippen molar-refractivity contribution in [1.82, 2.24) is 10.6 Å². The molecule has 1 saturated carbocycles. The minimum Gasteiger partial charge on any atom is -0.481 e. The van der Waals surface area contributed by atoms with Gasteiger partial charge in [-0.05, 0) is 43.6 Å². The summed E-state index contributed by atoms with van der Waals surface area (Å²) in [7, 11) is 0. The summed E-state index contributed by atoms with van der Waals surface area (Å²) in [6.45, 7) is 4.57. The Balaban J connectivity index is 2.20. The Labute approximate surface area is 125 Å². The third kappa shape index (κ3) is 6.03. The van der Waals surface area contributed by atoms with Crippen molar-refractivity contribution in [3.8, 4) is 0 Å². The van der Waals surface area contributed by atoms with Crippen molar-refractivity contribution in [3.63, 3.8) is 0 Å². The Bertz CT molecular complexity index is 326. The normalized spacial score (nSPS) is 23.3. The second-order valence-corrected chi connectivity index (χ2v) is 6.77. The number of amides is 2. The lowest BCUT2D eigenvalue weighted by atomic mass is 9.96. The van der Waals surface area contributed by atoms with Crippen LogP contribution in [0.2, 0.25) is 0 Å². The summed E-state index contributed by atoms with van der Waals surface area (Å²) in [5.41, 5.74) is 0. The molecule has 6 heteroatoms. The van der Waals surface area contributed by atoms with Crippen LogP contribution in [0.15, 0.2) is 0 Å². The van der Waals surface area contributed by atoms with Crippen LogP contribution >= 0.6 is 11.8 Å². The van der Waals surface area contributed by atoms with Gasteiger partial charge in [0.2, 0.25) is 0 Å². The molecule has 1 rings (SSSR count). The molecule has 0 radical (unpaired) electrons.